The number of hydrogen-bond acceptors (Lipinski definition) is 4. The topological polar surface area (TPSA) is 149 Å². The molecular weight excluding hydrogens is 204 g/mol. The fraction of sp³-hybridized carbons (Fsp3) is 0.714. The highest BCUT2D eigenvalue weighted by atomic mass is 16.4. The fourth-order valence-corrected chi connectivity index (χ4v) is 1.01. The number of rotatable bonds is 7. The molecule has 0 aliphatic carbocycles. The lowest BCUT2D eigenvalue weighted by Crippen LogP contribution is -2.34. The van der Waals surface area contributed by atoms with Crippen LogP contribution >= 0.6 is 0 Å². The maximum Gasteiger partial charge on any atom is 0.320 e. The van der Waals surface area contributed by atoms with E-state index in [1.165, 1.54) is 0 Å². The van der Waals surface area contributed by atoms with Gasteiger partial charge in [0.25, 0.3) is 0 Å². The molecular formula is C7H12N4O4. The molecule has 8 nitrogen and oxygen atoms in total. The highest BCUT2D eigenvalue weighted by Gasteiger charge is 2.23. The maximum atomic E-state index is 10.7. The molecule has 15 heavy (non-hydrogen) atoms. The van der Waals surface area contributed by atoms with Crippen molar-refractivity contribution in [1.29, 1.82) is 0 Å². The predicted octanol–water partition coefficient (Wildman–Crippen LogP) is 0.190. The van der Waals surface area contributed by atoms with E-state index in [0.717, 1.165) is 0 Å². The van der Waals surface area contributed by atoms with Crippen LogP contribution in [0, 0.1) is 5.92 Å². The van der Waals surface area contributed by atoms with Gasteiger partial charge in [-0.1, -0.05) is 5.11 Å². The number of nitrogens with two attached hydrogens (primary N) is 1. The normalized spacial score (nSPS) is 13.7. The Bertz CT molecular complexity index is 287. The first kappa shape index (κ1) is 13.2. The summed E-state index contributed by atoms with van der Waals surface area (Å²) in [5, 5.41) is 20.4. The first-order valence-corrected chi connectivity index (χ1v) is 4.21. The van der Waals surface area contributed by atoms with Gasteiger partial charge in [-0.3, -0.25) is 9.59 Å². The highest BCUT2D eigenvalue weighted by Crippen LogP contribution is 2.11. The molecule has 0 aliphatic heterocycles. The van der Waals surface area contributed by atoms with Crippen LogP contribution in [-0.2, 0) is 9.59 Å². The molecule has 0 spiro atoms. The van der Waals surface area contributed by atoms with Crippen LogP contribution < -0.4 is 5.73 Å². The first-order valence-electron chi connectivity index (χ1n) is 4.21. The van der Waals surface area contributed by atoms with Gasteiger partial charge >= 0.3 is 11.9 Å². The molecule has 0 fully saturated rings. The average Bonchev–Trinajstić information content (AvgIpc) is 2.15. The van der Waals surface area contributed by atoms with Gasteiger partial charge in [-0.15, -0.1) is 0 Å². The smallest absolute Gasteiger partial charge is 0.320 e. The number of carbonyl (C=O) groups is 2. The highest BCUT2D eigenvalue weighted by molar-refractivity contribution is 5.75. The molecule has 1 unspecified atom stereocenters. The number of nitrogens with zero attached hydrogens (tertiary/aromatic N) is 3. The van der Waals surface area contributed by atoms with Crippen molar-refractivity contribution in [3.8, 4) is 0 Å². The van der Waals surface area contributed by atoms with E-state index in [9.17, 15) is 9.59 Å². The Kier molecular flexibility index (Phi) is 5.84. The summed E-state index contributed by atoms with van der Waals surface area (Å²) in [4.78, 5) is 23.5. The van der Waals surface area contributed by atoms with E-state index in [2.05, 4.69) is 10.0 Å². The van der Waals surface area contributed by atoms with Crippen molar-refractivity contribution in [2.75, 3.05) is 6.54 Å². The van der Waals surface area contributed by atoms with E-state index < -0.39 is 23.9 Å². The van der Waals surface area contributed by atoms with Gasteiger partial charge in [-0.2, -0.15) is 0 Å². The minimum absolute atomic E-state index is 0.0137. The molecule has 0 aliphatic rings. The standard InChI is InChI=1S/C7H12N4O4/c8-5(7(14)15)3-4(6(12)13)1-2-10-11-9/h4-5H,1-3,8H2,(H,12,13)(H,14,15)/t4?,5-/m0/s1. The molecule has 0 saturated carbocycles. The minimum atomic E-state index is -1.25. The third-order valence-electron chi connectivity index (χ3n) is 1.85. The van der Waals surface area contributed by atoms with Crippen molar-refractivity contribution in [3.63, 3.8) is 0 Å². The van der Waals surface area contributed by atoms with Gasteiger partial charge in [-0.05, 0) is 18.4 Å². The number of aliphatic carboxylic acids is 2. The van der Waals surface area contributed by atoms with Gasteiger partial charge in [0, 0.05) is 11.5 Å². The molecule has 2 atom stereocenters. The Balaban J connectivity index is 4.21. The second kappa shape index (κ2) is 6.63. The molecule has 0 rings (SSSR count). The second-order valence-electron chi connectivity index (χ2n) is 2.96. The second-order valence-corrected chi connectivity index (χ2v) is 2.96. The van der Waals surface area contributed by atoms with Crippen molar-refractivity contribution in [3.05, 3.63) is 10.4 Å². The molecule has 0 aromatic rings. The summed E-state index contributed by atoms with van der Waals surface area (Å²) in [6.07, 6.45) is -0.0913. The zero-order chi connectivity index (χ0) is 11.8. The van der Waals surface area contributed by atoms with Crippen LogP contribution in [0.1, 0.15) is 12.8 Å². The largest absolute Gasteiger partial charge is 0.481 e. The molecule has 0 aromatic heterocycles. The summed E-state index contributed by atoms with van der Waals surface area (Å²) in [5.74, 6) is -3.29. The SMILES string of the molecule is [N-]=[N+]=NCCC(C[C@H](N)C(=O)O)C(=O)O. The summed E-state index contributed by atoms with van der Waals surface area (Å²) < 4.78 is 0. The van der Waals surface area contributed by atoms with Gasteiger partial charge in [0.1, 0.15) is 6.04 Å². The van der Waals surface area contributed by atoms with E-state index in [0.29, 0.717) is 0 Å². The summed E-state index contributed by atoms with van der Waals surface area (Å²) in [6, 6.07) is -1.21. The number of carboxylic acids is 2. The van der Waals surface area contributed by atoms with Crippen LogP contribution in [0.25, 0.3) is 10.4 Å². The van der Waals surface area contributed by atoms with Gasteiger partial charge < -0.3 is 15.9 Å². The van der Waals surface area contributed by atoms with Gasteiger partial charge in [0.05, 0.1) is 5.92 Å². The third kappa shape index (κ3) is 5.50. The Labute approximate surface area is 85.3 Å². The lowest BCUT2D eigenvalue weighted by Gasteiger charge is -2.13. The van der Waals surface area contributed by atoms with Crippen LogP contribution in [-0.4, -0.2) is 34.7 Å². The Hall–Kier alpha value is -1.79. The minimum Gasteiger partial charge on any atom is -0.481 e. The molecule has 8 heteroatoms. The van der Waals surface area contributed by atoms with E-state index in [1.807, 2.05) is 0 Å². The Morgan fingerprint density at radius 1 is 1.40 bits per heavy atom. The van der Waals surface area contributed by atoms with Crippen LogP contribution in [0.3, 0.4) is 0 Å². The summed E-state index contributed by atoms with van der Waals surface area (Å²) in [7, 11) is 0. The van der Waals surface area contributed by atoms with Crippen LogP contribution in [0.4, 0.5) is 0 Å². The molecule has 0 saturated heterocycles. The lowest BCUT2D eigenvalue weighted by molar-refractivity contribution is -0.143. The molecule has 4 N–H and O–H groups in total. The quantitative estimate of drug-likeness (QED) is 0.315. The van der Waals surface area contributed by atoms with Crippen LogP contribution in [0.15, 0.2) is 5.11 Å². The van der Waals surface area contributed by atoms with E-state index >= 15 is 0 Å². The predicted molar refractivity (Wildman–Crippen MR) is 50.0 cm³/mol. The summed E-state index contributed by atoms with van der Waals surface area (Å²) >= 11 is 0. The van der Waals surface area contributed by atoms with Crippen molar-refractivity contribution in [2.24, 2.45) is 16.8 Å². The summed E-state index contributed by atoms with van der Waals surface area (Å²) in [5.41, 5.74) is 13.2. The zero-order valence-corrected chi connectivity index (χ0v) is 7.91. The van der Waals surface area contributed by atoms with Crippen LogP contribution in [0.2, 0.25) is 0 Å². The lowest BCUT2D eigenvalue weighted by atomic mass is 9.97. The first-order chi connectivity index (χ1) is 6.99. The van der Waals surface area contributed by atoms with Gasteiger partial charge in [0.2, 0.25) is 0 Å². The molecule has 0 bridgehead atoms. The third-order valence-corrected chi connectivity index (χ3v) is 1.85. The Morgan fingerprint density at radius 2 is 2.00 bits per heavy atom. The van der Waals surface area contributed by atoms with Crippen LogP contribution in [0.5, 0.6) is 0 Å². The van der Waals surface area contributed by atoms with Crippen molar-refractivity contribution in [2.45, 2.75) is 18.9 Å². The van der Waals surface area contributed by atoms with E-state index in [4.69, 9.17) is 21.5 Å². The van der Waals surface area contributed by atoms with E-state index in [1.54, 1.807) is 0 Å². The number of carboxylic acid groups (broad SMARTS) is 2. The Morgan fingerprint density at radius 3 is 2.40 bits per heavy atom. The van der Waals surface area contributed by atoms with E-state index in [-0.39, 0.29) is 19.4 Å². The van der Waals surface area contributed by atoms with Gasteiger partial charge in [-0.25, -0.2) is 0 Å². The van der Waals surface area contributed by atoms with Crippen molar-refractivity contribution in [1.82, 2.24) is 0 Å². The monoisotopic (exact) mass is 216 g/mol. The summed E-state index contributed by atoms with van der Waals surface area (Å²) in [6.45, 7) is 0.0137. The number of hydrogen-bond donors (Lipinski definition) is 3. The molecule has 0 amide bonds. The maximum absolute atomic E-state index is 10.7. The molecule has 84 valence electrons. The van der Waals surface area contributed by atoms with Gasteiger partial charge in [0.15, 0.2) is 0 Å². The molecule has 0 heterocycles. The zero-order valence-electron chi connectivity index (χ0n) is 7.91. The van der Waals surface area contributed by atoms with Crippen molar-refractivity contribution >= 4 is 11.9 Å². The fourth-order valence-electron chi connectivity index (χ4n) is 1.01. The molecule has 0 radical (unpaired) electrons. The van der Waals surface area contributed by atoms with Crippen molar-refractivity contribution < 1.29 is 19.8 Å². The number of azide groups is 1. The average molecular weight is 216 g/mol. The molecule has 0 aromatic carbocycles.